The summed E-state index contributed by atoms with van der Waals surface area (Å²) in [7, 11) is 0. The minimum absolute atomic E-state index is 0.181. The molecule has 6 heteroatoms. The fourth-order valence-electron chi connectivity index (χ4n) is 1.24. The van der Waals surface area contributed by atoms with Gasteiger partial charge in [-0.05, 0) is 13.3 Å². The molecule has 0 unspecified atom stereocenters. The van der Waals surface area contributed by atoms with Crippen molar-refractivity contribution in [3.05, 3.63) is 26.9 Å². The number of hydrogen-bond acceptors (Lipinski definition) is 4. The molecule has 0 atom stereocenters. The third kappa shape index (κ3) is 3.25. The summed E-state index contributed by atoms with van der Waals surface area (Å²) < 4.78 is 6.45. The van der Waals surface area contributed by atoms with E-state index in [9.17, 15) is 9.59 Å². The second-order valence-corrected chi connectivity index (χ2v) is 3.07. The minimum atomic E-state index is -0.475. The zero-order valence-electron chi connectivity index (χ0n) is 8.66. The van der Waals surface area contributed by atoms with E-state index in [1.165, 1.54) is 10.6 Å². The van der Waals surface area contributed by atoms with Crippen LogP contribution in [0.25, 0.3) is 0 Å². The minimum Gasteiger partial charge on any atom is -0.385 e. The van der Waals surface area contributed by atoms with Gasteiger partial charge in [0.25, 0.3) is 5.56 Å². The maximum absolute atomic E-state index is 11.3. The van der Waals surface area contributed by atoms with Gasteiger partial charge in [-0.1, -0.05) is 0 Å². The van der Waals surface area contributed by atoms with E-state index in [4.69, 9.17) is 10.5 Å². The molecule has 0 aliphatic heterocycles. The molecule has 0 aliphatic rings. The van der Waals surface area contributed by atoms with Gasteiger partial charge in [0.15, 0.2) is 0 Å². The van der Waals surface area contributed by atoms with Gasteiger partial charge in [0, 0.05) is 25.8 Å². The Morgan fingerprint density at radius 2 is 2.27 bits per heavy atom. The smallest absolute Gasteiger partial charge is 0.329 e. The Morgan fingerprint density at radius 3 is 2.87 bits per heavy atom. The van der Waals surface area contributed by atoms with Crippen LogP contribution >= 0.6 is 0 Å². The summed E-state index contributed by atoms with van der Waals surface area (Å²) in [6, 6.07) is 1.20. The molecule has 15 heavy (non-hydrogen) atoms. The van der Waals surface area contributed by atoms with Crippen molar-refractivity contribution in [2.45, 2.75) is 19.9 Å². The lowest BCUT2D eigenvalue weighted by molar-refractivity contribution is 0.141. The van der Waals surface area contributed by atoms with E-state index in [0.29, 0.717) is 26.2 Å². The van der Waals surface area contributed by atoms with Crippen LogP contribution in [0.5, 0.6) is 0 Å². The highest BCUT2D eigenvalue weighted by molar-refractivity contribution is 5.25. The van der Waals surface area contributed by atoms with Gasteiger partial charge in [-0.15, -0.1) is 0 Å². The lowest BCUT2D eigenvalue weighted by Gasteiger charge is -2.07. The van der Waals surface area contributed by atoms with Gasteiger partial charge in [0.1, 0.15) is 5.82 Å². The molecule has 0 saturated carbocycles. The summed E-state index contributed by atoms with van der Waals surface area (Å²) in [4.78, 5) is 24.3. The highest BCUT2D eigenvalue weighted by Crippen LogP contribution is 1.95. The van der Waals surface area contributed by atoms with Crippen molar-refractivity contribution in [3.63, 3.8) is 0 Å². The second-order valence-electron chi connectivity index (χ2n) is 3.07. The average Bonchev–Trinajstić information content (AvgIpc) is 2.15. The maximum atomic E-state index is 11.3. The number of nitrogens with one attached hydrogen (secondary N) is 1. The molecule has 0 fully saturated rings. The highest BCUT2D eigenvalue weighted by atomic mass is 16.5. The molecule has 6 nitrogen and oxygen atoms in total. The molecule has 3 N–H and O–H groups in total. The van der Waals surface area contributed by atoms with Crippen molar-refractivity contribution in [2.24, 2.45) is 0 Å². The van der Waals surface area contributed by atoms with Gasteiger partial charge >= 0.3 is 5.69 Å². The predicted octanol–water partition coefficient (Wildman–Crippen LogP) is -0.455. The molecule has 0 spiro atoms. The lowest BCUT2D eigenvalue weighted by atomic mass is 10.4. The molecule has 0 amide bonds. The van der Waals surface area contributed by atoms with Gasteiger partial charge in [-0.25, -0.2) is 4.79 Å². The molecular formula is C9H15N3O3. The topological polar surface area (TPSA) is 90.1 Å². The predicted molar refractivity (Wildman–Crippen MR) is 56.8 cm³/mol. The largest absolute Gasteiger partial charge is 0.385 e. The van der Waals surface area contributed by atoms with Crippen LogP contribution in [0, 0.1) is 0 Å². The monoisotopic (exact) mass is 213 g/mol. The number of H-pyrrole nitrogens is 1. The molecule has 0 aliphatic carbocycles. The zero-order valence-corrected chi connectivity index (χ0v) is 8.66. The van der Waals surface area contributed by atoms with E-state index in [2.05, 4.69) is 4.98 Å². The van der Waals surface area contributed by atoms with Crippen LogP contribution in [0.3, 0.4) is 0 Å². The van der Waals surface area contributed by atoms with Gasteiger partial charge < -0.3 is 10.5 Å². The van der Waals surface area contributed by atoms with E-state index in [0.717, 1.165) is 0 Å². The number of anilines is 1. The van der Waals surface area contributed by atoms with Crippen molar-refractivity contribution in [1.82, 2.24) is 9.55 Å². The Bertz CT molecular complexity index is 421. The number of aromatic amines is 1. The highest BCUT2D eigenvalue weighted by Gasteiger charge is 2.01. The summed E-state index contributed by atoms with van der Waals surface area (Å²) in [6.45, 7) is 3.57. The van der Waals surface area contributed by atoms with Gasteiger partial charge in [-0.2, -0.15) is 0 Å². The van der Waals surface area contributed by atoms with Crippen LogP contribution in [0.4, 0.5) is 5.82 Å². The van der Waals surface area contributed by atoms with E-state index in [1.807, 2.05) is 6.92 Å². The first-order chi connectivity index (χ1) is 7.15. The quantitative estimate of drug-likeness (QED) is 0.648. The van der Waals surface area contributed by atoms with Crippen molar-refractivity contribution >= 4 is 5.82 Å². The maximum Gasteiger partial charge on any atom is 0.329 e. The lowest BCUT2D eigenvalue weighted by Crippen LogP contribution is -2.31. The number of ether oxygens (including phenoxy) is 1. The standard InChI is InChI=1S/C9H15N3O3/c1-2-15-5-3-4-12-7(10)6-8(13)11-9(12)14/h6H,2-5,10H2,1H3,(H,11,13,14). The SMILES string of the molecule is CCOCCCn1c(N)cc(=O)[nH]c1=O. The van der Waals surface area contributed by atoms with E-state index in [-0.39, 0.29) is 5.82 Å². The first-order valence-corrected chi connectivity index (χ1v) is 4.82. The molecule has 0 bridgehead atoms. The van der Waals surface area contributed by atoms with Crippen LogP contribution in [0.1, 0.15) is 13.3 Å². The molecule has 1 rings (SSSR count). The number of nitrogens with zero attached hydrogens (tertiary/aromatic N) is 1. The fraction of sp³-hybridized carbons (Fsp3) is 0.556. The Hall–Kier alpha value is -1.56. The molecule has 0 saturated heterocycles. The normalized spacial score (nSPS) is 10.5. The Labute approximate surface area is 86.7 Å². The molecule has 1 heterocycles. The van der Waals surface area contributed by atoms with Crippen molar-refractivity contribution in [2.75, 3.05) is 18.9 Å². The van der Waals surface area contributed by atoms with Crippen LogP contribution < -0.4 is 17.0 Å². The molecule has 1 aromatic rings. The second kappa shape index (κ2) is 5.35. The van der Waals surface area contributed by atoms with Crippen molar-refractivity contribution in [1.29, 1.82) is 0 Å². The van der Waals surface area contributed by atoms with Gasteiger partial charge in [0.2, 0.25) is 0 Å². The summed E-state index contributed by atoms with van der Waals surface area (Å²) in [5.41, 5.74) is 4.59. The third-order valence-electron chi connectivity index (χ3n) is 1.94. The molecule has 0 aromatic carbocycles. The number of aromatic nitrogens is 2. The summed E-state index contributed by atoms with van der Waals surface area (Å²) in [5, 5.41) is 0. The van der Waals surface area contributed by atoms with Crippen LogP contribution in [-0.4, -0.2) is 22.8 Å². The summed E-state index contributed by atoms with van der Waals surface area (Å²) in [5.74, 6) is 0.181. The summed E-state index contributed by atoms with van der Waals surface area (Å²) >= 11 is 0. The number of nitrogen functional groups attached to an aromatic ring is 1. The van der Waals surface area contributed by atoms with Crippen LogP contribution in [-0.2, 0) is 11.3 Å². The van der Waals surface area contributed by atoms with Crippen LogP contribution in [0.2, 0.25) is 0 Å². The van der Waals surface area contributed by atoms with Gasteiger partial charge in [0.05, 0.1) is 0 Å². The average molecular weight is 213 g/mol. The van der Waals surface area contributed by atoms with Crippen molar-refractivity contribution < 1.29 is 4.74 Å². The molecule has 0 radical (unpaired) electrons. The first kappa shape index (κ1) is 11.5. The number of hydrogen-bond donors (Lipinski definition) is 2. The third-order valence-corrected chi connectivity index (χ3v) is 1.94. The Kier molecular flexibility index (Phi) is 4.11. The Morgan fingerprint density at radius 1 is 1.53 bits per heavy atom. The van der Waals surface area contributed by atoms with Crippen LogP contribution in [0.15, 0.2) is 15.7 Å². The van der Waals surface area contributed by atoms with E-state index < -0.39 is 11.2 Å². The molecular weight excluding hydrogens is 198 g/mol. The van der Waals surface area contributed by atoms with Crippen molar-refractivity contribution in [3.8, 4) is 0 Å². The zero-order chi connectivity index (χ0) is 11.3. The van der Waals surface area contributed by atoms with E-state index >= 15 is 0 Å². The summed E-state index contributed by atoms with van der Waals surface area (Å²) in [6.07, 6.45) is 0.685. The van der Waals surface area contributed by atoms with Gasteiger partial charge in [-0.3, -0.25) is 14.3 Å². The molecule has 84 valence electrons. The Balaban J connectivity index is 2.69. The number of nitrogens with two attached hydrogens (primary N) is 1. The fourth-order valence-corrected chi connectivity index (χ4v) is 1.24. The number of rotatable bonds is 5. The first-order valence-electron chi connectivity index (χ1n) is 4.82. The van der Waals surface area contributed by atoms with E-state index in [1.54, 1.807) is 0 Å². The molecule has 1 aromatic heterocycles.